The number of alkyl halides is 5. The van der Waals surface area contributed by atoms with Crippen LogP contribution < -0.4 is 21.1 Å². The van der Waals surface area contributed by atoms with E-state index in [1.54, 1.807) is 30.3 Å². The lowest BCUT2D eigenvalue weighted by atomic mass is 9.88. The molecule has 3 fully saturated rings. The Kier molecular flexibility index (Phi) is 9.41. The van der Waals surface area contributed by atoms with Gasteiger partial charge in [0, 0.05) is 49.7 Å². The van der Waals surface area contributed by atoms with Crippen LogP contribution in [0.1, 0.15) is 73.2 Å². The first-order valence-electron chi connectivity index (χ1n) is 18.3. The van der Waals surface area contributed by atoms with Crippen LogP contribution in [0, 0.1) is 0 Å². The first-order chi connectivity index (χ1) is 26.7. The predicted octanol–water partition coefficient (Wildman–Crippen LogP) is 5.61. The van der Waals surface area contributed by atoms with E-state index >= 15 is 8.78 Å². The molecule has 2 aliphatic heterocycles. The number of amides is 3. The van der Waals surface area contributed by atoms with Crippen molar-refractivity contribution in [3.05, 3.63) is 82.7 Å². The number of likely N-dealkylation sites (tertiary alicyclic amines) is 1. The van der Waals surface area contributed by atoms with E-state index in [2.05, 4.69) is 15.6 Å². The first-order valence-corrected chi connectivity index (χ1v) is 18.3. The lowest BCUT2D eigenvalue weighted by molar-refractivity contribution is -0.148. The van der Waals surface area contributed by atoms with Gasteiger partial charge in [0.15, 0.2) is 6.10 Å². The number of imide groups is 1. The number of fused-ring (bicyclic) bond motifs is 2. The molecule has 2 N–H and O–H groups in total. The van der Waals surface area contributed by atoms with Gasteiger partial charge < -0.3 is 10.1 Å². The number of rotatable bonds is 7. The zero-order chi connectivity index (χ0) is 39.5. The van der Waals surface area contributed by atoms with Crippen molar-refractivity contribution in [2.45, 2.75) is 81.3 Å². The molecule has 294 valence electrons. The molecule has 5 heterocycles. The van der Waals surface area contributed by atoms with Crippen molar-refractivity contribution in [2.24, 2.45) is 7.05 Å². The van der Waals surface area contributed by atoms with E-state index in [0.717, 1.165) is 12.1 Å². The molecular formula is C38H37F5N8O5. The minimum atomic E-state index is -4.68. The molecule has 3 amide bonds. The summed E-state index contributed by atoms with van der Waals surface area (Å²) in [4.78, 5) is 55.5. The van der Waals surface area contributed by atoms with Crippen molar-refractivity contribution in [1.82, 2.24) is 34.1 Å². The summed E-state index contributed by atoms with van der Waals surface area (Å²) < 4.78 is 81.3. The molecule has 1 saturated carbocycles. The van der Waals surface area contributed by atoms with Crippen molar-refractivity contribution in [1.29, 1.82) is 0 Å². The van der Waals surface area contributed by atoms with E-state index in [4.69, 9.17) is 9.84 Å². The smallest absolute Gasteiger partial charge is 0.433 e. The van der Waals surface area contributed by atoms with Crippen LogP contribution in [-0.4, -0.2) is 77.7 Å². The number of hydrogen-bond donors (Lipinski definition) is 2. The molecule has 3 aliphatic rings. The number of halogens is 5. The van der Waals surface area contributed by atoms with E-state index in [1.165, 1.54) is 28.3 Å². The SMILES string of the molecule is Cn1c(=O)n(C2CCC(=O)NC2=O)c2cccc(OC3CCN(C4CCC(n5cc6cc(NC(=O)c7cccc(C(F)(F)F)n7)ccc6n5)CC4)CC3(F)F)c21. The highest BCUT2D eigenvalue weighted by molar-refractivity contribution is 6.04. The summed E-state index contributed by atoms with van der Waals surface area (Å²) in [5, 5.41) is 10.3. The zero-order valence-electron chi connectivity index (χ0n) is 30.1. The number of hydrogen-bond acceptors (Lipinski definition) is 8. The van der Waals surface area contributed by atoms with Crippen LogP contribution in [0.4, 0.5) is 27.6 Å². The third kappa shape index (κ3) is 7.01. The van der Waals surface area contributed by atoms with Crippen LogP contribution in [0.3, 0.4) is 0 Å². The number of nitrogens with zero attached hydrogens (tertiary/aromatic N) is 6. The number of aryl methyl sites for hydroxylation is 1. The van der Waals surface area contributed by atoms with E-state index in [-0.39, 0.29) is 42.8 Å². The second-order valence-electron chi connectivity index (χ2n) is 14.6. The van der Waals surface area contributed by atoms with Gasteiger partial charge in [-0.3, -0.25) is 38.4 Å². The number of aromatic nitrogens is 5. The van der Waals surface area contributed by atoms with Crippen molar-refractivity contribution in [2.75, 3.05) is 18.4 Å². The number of ether oxygens (including phenoxy) is 1. The van der Waals surface area contributed by atoms with E-state index < -0.39 is 59.9 Å². The molecule has 2 aromatic carbocycles. The van der Waals surface area contributed by atoms with Gasteiger partial charge >= 0.3 is 11.9 Å². The molecule has 2 atom stereocenters. The molecule has 0 bridgehead atoms. The fourth-order valence-corrected chi connectivity index (χ4v) is 8.19. The van der Waals surface area contributed by atoms with Crippen LogP contribution in [0.2, 0.25) is 0 Å². The Balaban J connectivity index is 0.892. The van der Waals surface area contributed by atoms with Gasteiger partial charge in [0.25, 0.3) is 11.8 Å². The highest BCUT2D eigenvalue weighted by atomic mass is 19.4. The Morgan fingerprint density at radius 3 is 2.45 bits per heavy atom. The van der Waals surface area contributed by atoms with E-state index in [9.17, 15) is 32.3 Å². The molecule has 18 heteroatoms. The quantitative estimate of drug-likeness (QED) is 0.160. The van der Waals surface area contributed by atoms with Gasteiger partial charge in [0.2, 0.25) is 11.8 Å². The highest BCUT2D eigenvalue weighted by Crippen LogP contribution is 2.39. The van der Waals surface area contributed by atoms with Crippen molar-refractivity contribution < 1.29 is 41.1 Å². The second kappa shape index (κ2) is 14.1. The topological polar surface area (TPSA) is 145 Å². The maximum atomic E-state index is 15.8. The van der Waals surface area contributed by atoms with Gasteiger partial charge in [-0.1, -0.05) is 12.1 Å². The second-order valence-corrected chi connectivity index (χ2v) is 14.6. The Bertz CT molecular complexity index is 2410. The maximum absolute atomic E-state index is 15.8. The average molecular weight is 781 g/mol. The van der Waals surface area contributed by atoms with Crippen molar-refractivity contribution >= 4 is 45.3 Å². The molecule has 3 aromatic heterocycles. The highest BCUT2D eigenvalue weighted by Gasteiger charge is 2.48. The monoisotopic (exact) mass is 780 g/mol. The summed E-state index contributed by atoms with van der Waals surface area (Å²) in [5.74, 6) is -4.88. The predicted molar refractivity (Wildman–Crippen MR) is 192 cm³/mol. The first kappa shape index (κ1) is 37.3. The van der Waals surface area contributed by atoms with Crippen LogP contribution in [-0.2, 0) is 22.8 Å². The number of carbonyl (C=O) groups excluding carboxylic acids is 3. The Labute approximate surface area is 315 Å². The zero-order valence-corrected chi connectivity index (χ0v) is 30.1. The van der Waals surface area contributed by atoms with Crippen molar-refractivity contribution in [3.8, 4) is 5.75 Å². The van der Waals surface area contributed by atoms with Crippen LogP contribution in [0.25, 0.3) is 21.9 Å². The minimum Gasteiger partial charge on any atom is -0.482 e. The number of carbonyl (C=O) groups is 3. The van der Waals surface area contributed by atoms with Crippen molar-refractivity contribution in [3.63, 3.8) is 0 Å². The lowest BCUT2D eigenvalue weighted by Crippen LogP contribution is -2.56. The molecule has 56 heavy (non-hydrogen) atoms. The number of piperidine rings is 2. The van der Waals surface area contributed by atoms with Gasteiger partial charge in [-0.2, -0.15) is 18.3 Å². The third-order valence-electron chi connectivity index (χ3n) is 11.0. The lowest BCUT2D eigenvalue weighted by Gasteiger charge is -2.43. The molecule has 0 radical (unpaired) electrons. The maximum Gasteiger partial charge on any atom is 0.433 e. The van der Waals surface area contributed by atoms with Crippen LogP contribution >= 0.6 is 0 Å². The fourth-order valence-electron chi connectivity index (χ4n) is 8.19. The number of nitrogens with one attached hydrogen (secondary N) is 2. The van der Waals surface area contributed by atoms with Gasteiger partial charge in [-0.05, 0) is 74.6 Å². The van der Waals surface area contributed by atoms with E-state index in [0.29, 0.717) is 59.9 Å². The molecule has 1 aliphatic carbocycles. The largest absolute Gasteiger partial charge is 0.482 e. The number of para-hydroxylation sites is 1. The molecule has 13 nitrogen and oxygen atoms in total. The molecule has 2 saturated heterocycles. The van der Waals surface area contributed by atoms with Gasteiger partial charge in [0.1, 0.15) is 28.7 Å². The Morgan fingerprint density at radius 2 is 1.71 bits per heavy atom. The number of pyridine rings is 1. The molecule has 0 spiro atoms. The summed E-state index contributed by atoms with van der Waals surface area (Å²) >= 11 is 0. The standard InChI is InChI=1S/C38H37F5N8O5/c1-48-33-27(51(36(48)55)28-14-15-32(52)46-35(28)54)5-3-6-29(33)56-31-16-17-49(20-37(31,39)40)23-9-11-24(12-10-23)50-19-21-18-22(8-13-25(21)47-50)44-34(53)26-4-2-7-30(45-26)38(41,42)43/h2-8,13,18-19,23-24,28,31H,9-12,14-17,20H2,1H3,(H,44,53)(H,46,52,54). The van der Waals surface area contributed by atoms with Crippen LogP contribution in [0.5, 0.6) is 5.75 Å². The molecule has 2 unspecified atom stereocenters. The van der Waals surface area contributed by atoms with E-state index in [1.807, 2.05) is 15.8 Å². The molecule has 5 aromatic rings. The van der Waals surface area contributed by atoms with Gasteiger partial charge in [-0.15, -0.1) is 0 Å². The Morgan fingerprint density at radius 1 is 0.964 bits per heavy atom. The summed E-state index contributed by atoms with van der Waals surface area (Å²) in [6, 6.07) is 11.9. The average Bonchev–Trinajstić information content (AvgIpc) is 3.70. The number of anilines is 1. The molecular weight excluding hydrogens is 743 g/mol. The summed E-state index contributed by atoms with van der Waals surface area (Å²) in [5.41, 5.74) is -0.382. The summed E-state index contributed by atoms with van der Waals surface area (Å²) in [6.07, 6.45) is -1.28. The summed E-state index contributed by atoms with van der Waals surface area (Å²) in [6.45, 7) is -0.104. The minimum absolute atomic E-state index is 0.0204. The number of benzene rings is 2. The number of imidazole rings is 1. The van der Waals surface area contributed by atoms with Gasteiger partial charge in [0.05, 0.1) is 23.6 Å². The molecule has 8 rings (SSSR count). The normalized spacial score (nSPS) is 23.3. The summed E-state index contributed by atoms with van der Waals surface area (Å²) in [7, 11) is 1.49. The van der Waals surface area contributed by atoms with Gasteiger partial charge in [-0.25, -0.2) is 18.6 Å². The van der Waals surface area contributed by atoms with Crippen LogP contribution in [0.15, 0.2) is 65.6 Å². The fraction of sp³-hybridized carbons (Fsp3) is 0.421. The third-order valence-corrected chi connectivity index (χ3v) is 11.0. The Hall–Kier alpha value is -5.65.